The molecule has 0 fully saturated rings. The molecule has 0 amide bonds. The number of hydrogen-bond donors (Lipinski definition) is 1. The van der Waals surface area contributed by atoms with Gasteiger partial charge in [0.15, 0.2) is 14.5 Å². The fourth-order valence-electron chi connectivity index (χ4n) is 1.04. The van der Waals surface area contributed by atoms with E-state index in [1.54, 1.807) is 30.3 Å². The van der Waals surface area contributed by atoms with Crippen LogP contribution in [0.3, 0.4) is 0 Å². The number of alkyl halides is 1. The van der Waals surface area contributed by atoms with E-state index in [1.165, 1.54) is 0 Å². The molecule has 2 atom stereocenters. The third-order valence-electron chi connectivity index (χ3n) is 1.80. The Morgan fingerprint density at radius 2 is 1.79 bits per heavy atom. The van der Waals surface area contributed by atoms with Crippen LogP contribution in [-0.2, 0) is 9.84 Å². The summed E-state index contributed by atoms with van der Waals surface area (Å²) in [5.41, 5.74) is 0.498. The predicted octanol–water partition coefficient (Wildman–Crippen LogP) is 1.33. The standard InChI is InChI=1S/C9H11ClO3S/c1-14(12,13)9(10)8(11)7-5-3-2-4-6-7/h2-6,8-9,11H,1H3/t8-,9-/m1/s1. The van der Waals surface area contributed by atoms with E-state index in [0.29, 0.717) is 5.56 Å². The number of sulfone groups is 1. The smallest absolute Gasteiger partial charge is 0.167 e. The largest absolute Gasteiger partial charge is 0.386 e. The van der Waals surface area contributed by atoms with Crippen LogP contribution < -0.4 is 0 Å². The molecular formula is C9H11ClO3S. The Bertz CT molecular complexity index is 388. The summed E-state index contributed by atoms with van der Waals surface area (Å²) in [4.78, 5) is 0. The highest BCUT2D eigenvalue weighted by Gasteiger charge is 2.27. The van der Waals surface area contributed by atoms with Crippen molar-refractivity contribution in [3.8, 4) is 0 Å². The summed E-state index contributed by atoms with van der Waals surface area (Å²) < 4.78 is 20.8. The van der Waals surface area contributed by atoms with Crippen LogP contribution in [0.2, 0.25) is 0 Å². The summed E-state index contributed by atoms with van der Waals surface area (Å²) in [5.74, 6) is 0. The molecule has 0 saturated heterocycles. The van der Waals surface area contributed by atoms with Gasteiger partial charge in [0.1, 0.15) is 6.10 Å². The number of halogens is 1. The van der Waals surface area contributed by atoms with Crippen LogP contribution >= 0.6 is 11.6 Å². The zero-order chi connectivity index (χ0) is 10.8. The highest BCUT2D eigenvalue weighted by Crippen LogP contribution is 2.24. The Morgan fingerprint density at radius 1 is 1.29 bits per heavy atom. The van der Waals surface area contributed by atoms with Crippen molar-refractivity contribution < 1.29 is 13.5 Å². The summed E-state index contributed by atoms with van der Waals surface area (Å²) in [5, 5.41) is 9.61. The molecule has 0 radical (unpaired) electrons. The number of rotatable bonds is 3. The van der Waals surface area contributed by atoms with Crippen molar-refractivity contribution in [2.75, 3.05) is 6.26 Å². The van der Waals surface area contributed by atoms with E-state index >= 15 is 0 Å². The van der Waals surface area contributed by atoms with E-state index in [-0.39, 0.29) is 0 Å². The average Bonchev–Trinajstić information content (AvgIpc) is 2.15. The van der Waals surface area contributed by atoms with E-state index < -0.39 is 20.7 Å². The Hall–Kier alpha value is -0.580. The molecule has 1 aromatic carbocycles. The van der Waals surface area contributed by atoms with Gasteiger partial charge in [0.05, 0.1) is 0 Å². The number of benzene rings is 1. The van der Waals surface area contributed by atoms with Crippen molar-refractivity contribution >= 4 is 21.4 Å². The number of aliphatic hydroxyl groups excluding tert-OH is 1. The third-order valence-corrected chi connectivity index (χ3v) is 4.08. The summed E-state index contributed by atoms with van der Waals surface area (Å²) in [6.07, 6.45) is -0.190. The molecule has 0 unspecified atom stereocenters. The van der Waals surface area contributed by atoms with Crippen LogP contribution in [0.4, 0.5) is 0 Å². The van der Waals surface area contributed by atoms with Gasteiger partial charge in [-0.3, -0.25) is 0 Å². The fraction of sp³-hybridized carbons (Fsp3) is 0.333. The first-order valence-electron chi connectivity index (χ1n) is 3.99. The molecule has 0 saturated carbocycles. The first-order valence-corrected chi connectivity index (χ1v) is 6.38. The average molecular weight is 235 g/mol. The van der Waals surface area contributed by atoms with Gasteiger partial charge < -0.3 is 5.11 Å². The lowest BCUT2D eigenvalue weighted by Gasteiger charge is -2.15. The van der Waals surface area contributed by atoms with Gasteiger partial charge >= 0.3 is 0 Å². The van der Waals surface area contributed by atoms with E-state index in [0.717, 1.165) is 6.26 Å². The maximum atomic E-state index is 11.1. The number of hydrogen-bond acceptors (Lipinski definition) is 3. The van der Waals surface area contributed by atoms with Gasteiger partial charge in [0.2, 0.25) is 0 Å². The molecule has 0 heterocycles. The predicted molar refractivity (Wildman–Crippen MR) is 55.9 cm³/mol. The fourth-order valence-corrected chi connectivity index (χ4v) is 1.81. The van der Waals surface area contributed by atoms with Gasteiger partial charge in [0, 0.05) is 6.26 Å². The molecule has 14 heavy (non-hydrogen) atoms. The lowest BCUT2D eigenvalue weighted by Crippen LogP contribution is -2.21. The molecule has 3 nitrogen and oxygen atoms in total. The van der Waals surface area contributed by atoms with E-state index in [2.05, 4.69) is 0 Å². The van der Waals surface area contributed by atoms with Crippen molar-refractivity contribution in [3.63, 3.8) is 0 Å². The van der Waals surface area contributed by atoms with Gasteiger partial charge in [-0.25, -0.2) is 8.42 Å². The van der Waals surface area contributed by atoms with Crippen LogP contribution in [-0.4, -0.2) is 24.5 Å². The topological polar surface area (TPSA) is 54.4 Å². The van der Waals surface area contributed by atoms with Crippen molar-refractivity contribution in [2.24, 2.45) is 0 Å². The Kier molecular flexibility index (Phi) is 3.53. The van der Waals surface area contributed by atoms with Crippen LogP contribution in [0.15, 0.2) is 30.3 Å². The number of aliphatic hydroxyl groups is 1. The minimum atomic E-state index is -3.43. The van der Waals surface area contributed by atoms with Gasteiger partial charge in [-0.05, 0) is 5.56 Å². The molecule has 1 aromatic rings. The lowest BCUT2D eigenvalue weighted by atomic mass is 10.1. The first-order chi connectivity index (χ1) is 6.43. The highest BCUT2D eigenvalue weighted by molar-refractivity contribution is 7.92. The minimum Gasteiger partial charge on any atom is -0.386 e. The van der Waals surface area contributed by atoms with Gasteiger partial charge in [0.25, 0.3) is 0 Å². The summed E-state index contributed by atoms with van der Waals surface area (Å²) in [6, 6.07) is 8.46. The quantitative estimate of drug-likeness (QED) is 0.803. The molecule has 1 rings (SSSR count). The van der Waals surface area contributed by atoms with Crippen molar-refractivity contribution in [1.82, 2.24) is 0 Å². The lowest BCUT2D eigenvalue weighted by molar-refractivity contribution is 0.192. The minimum absolute atomic E-state index is 0.498. The molecule has 78 valence electrons. The van der Waals surface area contributed by atoms with Crippen LogP contribution in [0.5, 0.6) is 0 Å². The molecule has 0 aromatic heterocycles. The van der Waals surface area contributed by atoms with Crippen LogP contribution in [0.25, 0.3) is 0 Å². The Balaban J connectivity index is 2.92. The molecule has 0 aliphatic heterocycles. The monoisotopic (exact) mass is 234 g/mol. The zero-order valence-electron chi connectivity index (χ0n) is 7.59. The van der Waals surface area contributed by atoms with E-state index in [4.69, 9.17) is 11.6 Å². The van der Waals surface area contributed by atoms with E-state index in [1.807, 2.05) is 0 Å². The van der Waals surface area contributed by atoms with Gasteiger partial charge in [-0.2, -0.15) is 0 Å². The molecule has 0 spiro atoms. The second-order valence-electron chi connectivity index (χ2n) is 3.04. The SMILES string of the molecule is CS(=O)(=O)[C@@H](Cl)[C@H](O)c1ccccc1. The van der Waals surface area contributed by atoms with Crippen LogP contribution in [0.1, 0.15) is 11.7 Å². The maximum Gasteiger partial charge on any atom is 0.167 e. The molecule has 0 bridgehead atoms. The molecule has 5 heteroatoms. The summed E-state index contributed by atoms with van der Waals surface area (Å²) in [6.45, 7) is 0. The summed E-state index contributed by atoms with van der Waals surface area (Å²) >= 11 is 5.60. The Labute approximate surface area is 88.2 Å². The zero-order valence-corrected chi connectivity index (χ0v) is 9.16. The Morgan fingerprint density at radius 3 is 2.21 bits per heavy atom. The van der Waals surface area contributed by atoms with E-state index in [9.17, 15) is 13.5 Å². The molecule has 0 aliphatic carbocycles. The second kappa shape index (κ2) is 4.29. The van der Waals surface area contributed by atoms with Crippen molar-refractivity contribution in [3.05, 3.63) is 35.9 Å². The van der Waals surface area contributed by atoms with Crippen molar-refractivity contribution in [2.45, 2.75) is 10.8 Å². The van der Waals surface area contributed by atoms with Gasteiger partial charge in [-0.15, -0.1) is 11.6 Å². The van der Waals surface area contributed by atoms with Crippen LogP contribution in [0, 0.1) is 0 Å². The molecule has 1 N–H and O–H groups in total. The maximum absolute atomic E-state index is 11.1. The highest BCUT2D eigenvalue weighted by atomic mass is 35.5. The molecular weight excluding hydrogens is 224 g/mol. The van der Waals surface area contributed by atoms with Gasteiger partial charge in [-0.1, -0.05) is 30.3 Å². The molecule has 0 aliphatic rings. The first kappa shape index (κ1) is 11.5. The second-order valence-corrected chi connectivity index (χ2v) is 5.93. The summed E-state index contributed by atoms with van der Waals surface area (Å²) in [7, 11) is -3.43. The normalized spacial score (nSPS) is 16.2. The van der Waals surface area contributed by atoms with Crippen molar-refractivity contribution in [1.29, 1.82) is 0 Å². The third kappa shape index (κ3) is 2.70.